The van der Waals surface area contributed by atoms with E-state index in [1.54, 1.807) is 0 Å². The summed E-state index contributed by atoms with van der Waals surface area (Å²) in [6.45, 7) is 6.03. The van der Waals surface area contributed by atoms with Crippen molar-refractivity contribution in [3.8, 4) is 0 Å². The number of rotatable bonds is 3. The molecule has 0 aliphatic carbocycles. The molecule has 0 aromatic heterocycles. The average molecular weight is 246 g/mol. The number of nitrogens with one attached hydrogen (secondary N) is 1. The zero-order valence-corrected chi connectivity index (χ0v) is 11.5. The molecule has 1 aliphatic heterocycles. The molecular formula is C15H22N2O. The van der Waals surface area contributed by atoms with E-state index in [-0.39, 0.29) is 5.91 Å². The molecular weight excluding hydrogens is 224 g/mol. The highest BCUT2D eigenvalue weighted by molar-refractivity contribution is 5.96. The van der Waals surface area contributed by atoms with Crippen LogP contribution < -0.4 is 5.32 Å². The summed E-state index contributed by atoms with van der Waals surface area (Å²) >= 11 is 0. The van der Waals surface area contributed by atoms with E-state index >= 15 is 0 Å². The first-order chi connectivity index (χ1) is 8.65. The lowest BCUT2D eigenvalue weighted by Gasteiger charge is -2.18. The molecule has 1 heterocycles. The Hall–Kier alpha value is -1.51. The zero-order chi connectivity index (χ0) is 13.1. The van der Waals surface area contributed by atoms with E-state index in [1.165, 1.54) is 6.42 Å². The molecule has 1 amide bonds. The fraction of sp³-hybridized carbons (Fsp3) is 0.533. The smallest absolute Gasteiger partial charge is 0.254 e. The summed E-state index contributed by atoms with van der Waals surface area (Å²) in [5.41, 5.74) is 2.94. The Morgan fingerprint density at radius 3 is 2.83 bits per heavy atom. The number of carbonyl (C=O) groups is 1. The minimum Gasteiger partial charge on any atom is -0.388 e. The standard InChI is InChI=1S/C15H22N2O/c1-4-12-7-8-17(10-12)15(18)14-6-5-13(16-3)9-11(14)2/h5-6,9,12,16H,4,7-8,10H2,1-3H3. The Kier molecular flexibility index (Phi) is 3.90. The molecule has 3 nitrogen and oxygen atoms in total. The predicted molar refractivity (Wildman–Crippen MR) is 75.0 cm³/mol. The quantitative estimate of drug-likeness (QED) is 0.889. The largest absolute Gasteiger partial charge is 0.388 e. The Balaban J connectivity index is 2.14. The maximum atomic E-state index is 12.4. The van der Waals surface area contributed by atoms with Crippen molar-refractivity contribution in [3.05, 3.63) is 29.3 Å². The lowest BCUT2D eigenvalue weighted by Crippen LogP contribution is -2.29. The highest BCUT2D eigenvalue weighted by atomic mass is 16.2. The number of nitrogens with zero attached hydrogens (tertiary/aromatic N) is 1. The van der Waals surface area contributed by atoms with Gasteiger partial charge in [0.05, 0.1) is 0 Å². The lowest BCUT2D eigenvalue weighted by atomic mass is 10.1. The van der Waals surface area contributed by atoms with E-state index in [2.05, 4.69) is 12.2 Å². The van der Waals surface area contributed by atoms with E-state index in [0.717, 1.165) is 36.3 Å². The van der Waals surface area contributed by atoms with Crippen molar-refractivity contribution in [1.29, 1.82) is 0 Å². The first-order valence-electron chi connectivity index (χ1n) is 6.73. The Labute approximate surface area is 109 Å². The van der Waals surface area contributed by atoms with Crippen LogP contribution in [-0.4, -0.2) is 30.9 Å². The van der Waals surface area contributed by atoms with Gasteiger partial charge in [0, 0.05) is 31.4 Å². The Bertz CT molecular complexity index is 442. The van der Waals surface area contributed by atoms with Gasteiger partial charge in [0.15, 0.2) is 0 Å². The maximum Gasteiger partial charge on any atom is 0.254 e. The summed E-state index contributed by atoms with van der Waals surface area (Å²) in [5, 5.41) is 3.09. The second-order valence-electron chi connectivity index (χ2n) is 5.09. The van der Waals surface area contributed by atoms with Crippen LogP contribution in [0.3, 0.4) is 0 Å². The van der Waals surface area contributed by atoms with E-state index in [1.807, 2.05) is 37.1 Å². The van der Waals surface area contributed by atoms with Crippen molar-refractivity contribution in [3.63, 3.8) is 0 Å². The SMILES string of the molecule is CCC1CCN(C(=O)c2ccc(NC)cc2C)C1. The highest BCUT2D eigenvalue weighted by Crippen LogP contribution is 2.23. The molecule has 2 rings (SSSR count). The molecule has 1 fully saturated rings. The van der Waals surface area contributed by atoms with Gasteiger partial charge in [0.1, 0.15) is 0 Å². The van der Waals surface area contributed by atoms with Gasteiger partial charge in [-0.25, -0.2) is 0 Å². The molecule has 1 saturated heterocycles. The second kappa shape index (κ2) is 5.42. The van der Waals surface area contributed by atoms with Crippen molar-refractivity contribution in [1.82, 2.24) is 4.90 Å². The van der Waals surface area contributed by atoms with E-state index in [9.17, 15) is 4.79 Å². The minimum atomic E-state index is 0.186. The molecule has 1 aromatic carbocycles. The molecule has 1 aliphatic rings. The average Bonchev–Trinajstić information content (AvgIpc) is 2.86. The maximum absolute atomic E-state index is 12.4. The van der Waals surface area contributed by atoms with Crippen LogP contribution in [0.2, 0.25) is 0 Å². The van der Waals surface area contributed by atoms with Gasteiger partial charge in [-0.3, -0.25) is 4.79 Å². The topological polar surface area (TPSA) is 32.3 Å². The van der Waals surface area contributed by atoms with Crippen LogP contribution in [-0.2, 0) is 0 Å². The number of aryl methyl sites for hydroxylation is 1. The van der Waals surface area contributed by atoms with Crippen molar-refractivity contribution in [2.24, 2.45) is 5.92 Å². The van der Waals surface area contributed by atoms with Gasteiger partial charge in [-0.15, -0.1) is 0 Å². The van der Waals surface area contributed by atoms with Crippen LogP contribution in [0.15, 0.2) is 18.2 Å². The Morgan fingerprint density at radius 1 is 1.50 bits per heavy atom. The number of anilines is 1. The minimum absolute atomic E-state index is 0.186. The van der Waals surface area contributed by atoms with Crippen molar-refractivity contribution >= 4 is 11.6 Å². The summed E-state index contributed by atoms with van der Waals surface area (Å²) in [6.07, 6.45) is 2.32. The van der Waals surface area contributed by atoms with Gasteiger partial charge in [0.2, 0.25) is 0 Å². The number of amides is 1. The van der Waals surface area contributed by atoms with Gasteiger partial charge in [0.25, 0.3) is 5.91 Å². The normalized spacial score (nSPS) is 19.1. The fourth-order valence-electron chi connectivity index (χ4n) is 2.58. The van der Waals surface area contributed by atoms with Crippen LogP contribution in [0.5, 0.6) is 0 Å². The fourth-order valence-corrected chi connectivity index (χ4v) is 2.58. The summed E-state index contributed by atoms with van der Waals surface area (Å²) in [4.78, 5) is 14.4. The summed E-state index contributed by atoms with van der Waals surface area (Å²) in [6, 6.07) is 5.93. The third-order valence-corrected chi connectivity index (χ3v) is 3.90. The van der Waals surface area contributed by atoms with Crippen LogP contribution in [0.1, 0.15) is 35.7 Å². The monoisotopic (exact) mass is 246 g/mol. The van der Waals surface area contributed by atoms with E-state index in [4.69, 9.17) is 0 Å². The summed E-state index contributed by atoms with van der Waals surface area (Å²) < 4.78 is 0. The lowest BCUT2D eigenvalue weighted by molar-refractivity contribution is 0.0786. The molecule has 1 atom stereocenters. The number of likely N-dealkylation sites (tertiary alicyclic amines) is 1. The third kappa shape index (κ3) is 2.50. The molecule has 0 saturated carbocycles. The van der Waals surface area contributed by atoms with Gasteiger partial charge >= 0.3 is 0 Å². The molecule has 18 heavy (non-hydrogen) atoms. The third-order valence-electron chi connectivity index (χ3n) is 3.90. The van der Waals surface area contributed by atoms with Gasteiger partial charge in [-0.05, 0) is 43.0 Å². The van der Waals surface area contributed by atoms with Gasteiger partial charge in [-0.2, -0.15) is 0 Å². The summed E-state index contributed by atoms with van der Waals surface area (Å²) in [7, 11) is 1.89. The molecule has 0 bridgehead atoms. The number of hydrogen-bond acceptors (Lipinski definition) is 2. The number of benzene rings is 1. The molecule has 0 radical (unpaired) electrons. The van der Waals surface area contributed by atoms with Gasteiger partial charge < -0.3 is 10.2 Å². The zero-order valence-electron chi connectivity index (χ0n) is 11.5. The first kappa shape index (κ1) is 12.9. The van der Waals surface area contributed by atoms with Crippen molar-refractivity contribution in [2.75, 3.05) is 25.5 Å². The number of hydrogen-bond donors (Lipinski definition) is 1. The first-order valence-corrected chi connectivity index (χ1v) is 6.73. The molecule has 1 N–H and O–H groups in total. The van der Waals surface area contributed by atoms with Crippen LogP contribution >= 0.6 is 0 Å². The molecule has 1 unspecified atom stereocenters. The van der Waals surface area contributed by atoms with Gasteiger partial charge in [-0.1, -0.05) is 13.3 Å². The molecule has 98 valence electrons. The number of carbonyl (C=O) groups excluding carboxylic acids is 1. The highest BCUT2D eigenvalue weighted by Gasteiger charge is 2.26. The molecule has 0 spiro atoms. The predicted octanol–water partition coefficient (Wildman–Crippen LogP) is 2.91. The molecule has 3 heteroatoms. The van der Waals surface area contributed by atoms with Crippen LogP contribution in [0.25, 0.3) is 0 Å². The van der Waals surface area contributed by atoms with E-state index in [0.29, 0.717) is 5.92 Å². The molecule has 1 aromatic rings. The van der Waals surface area contributed by atoms with Crippen molar-refractivity contribution in [2.45, 2.75) is 26.7 Å². The second-order valence-corrected chi connectivity index (χ2v) is 5.09. The van der Waals surface area contributed by atoms with Crippen molar-refractivity contribution < 1.29 is 4.79 Å². The van der Waals surface area contributed by atoms with Crippen LogP contribution in [0, 0.1) is 12.8 Å². The van der Waals surface area contributed by atoms with E-state index < -0.39 is 0 Å². The summed E-state index contributed by atoms with van der Waals surface area (Å²) in [5.74, 6) is 0.872. The van der Waals surface area contributed by atoms with Crippen LogP contribution in [0.4, 0.5) is 5.69 Å². The Morgan fingerprint density at radius 2 is 2.28 bits per heavy atom.